The second-order valence-corrected chi connectivity index (χ2v) is 6.08. The molecule has 0 aliphatic heterocycles. The third-order valence-electron chi connectivity index (χ3n) is 4.31. The van der Waals surface area contributed by atoms with Crippen molar-refractivity contribution in [3.05, 3.63) is 52.6 Å². The molecule has 1 heteroatoms. The standard InChI is InChI=1S/C20H26O/c1-7-14(3)17-10-15(4)20(16(5)11-17)18-8-13(2)9-19(12-18)21-6/h8-12,14H,7H2,1-6H3. The fourth-order valence-electron chi connectivity index (χ4n) is 2.98. The summed E-state index contributed by atoms with van der Waals surface area (Å²) in [5.74, 6) is 1.54. The van der Waals surface area contributed by atoms with Gasteiger partial charge in [-0.3, -0.25) is 0 Å². The molecule has 0 aliphatic carbocycles. The highest BCUT2D eigenvalue weighted by atomic mass is 16.5. The van der Waals surface area contributed by atoms with Crippen LogP contribution in [0.1, 0.15) is 48.4 Å². The van der Waals surface area contributed by atoms with Crippen molar-refractivity contribution in [1.82, 2.24) is 0 Å². The normalized spacial score (nSPS) is 12.3. The summed E-state index contributed by atoms with van der Waals surface area (Å²) in [6, 6.07) is 11.1. The molecule has 0 heterocycles. The van der Waals surface area contributed by atoms with Gasteiger partial charge in [-0.05, 0) is 78.6 Å². The van der Waals surface area contributed by atoms with E-state index in [1.807, 2.05) is 0 Å². The average molecular weight is 282 g/mol. The maximum absolute atomic E-state index is 5.42. The van der Waals surface area contributed by atoms with Gasteiger partial charge in [0.05, 0.1) is 7.11 Å². The van der Waals surface area contributed by atoms with Crippen LogP contribution >= 0.6 is 0 Å². The highest BCUT2D eigenvalue weighted by Gasteiger charge is 2.12. The van der Waals surface area contributed by atoms with Crippen LogP contribution in [0.5, 0.6) is 5.75 Å². The van der Waals surface area contributed by atoms with E-state index in [9.17, 15) is 0 Å². The molecule has 2 aromatic carbocycles. The van der Waals surface area contributed by atoms with Gasteiger partial charge in [0.2, 0.25) is 0 Å². The Morgan fingerprint density at radius 1 is 0.952 bits per heavy atom. The van der Waals surface area contributed by atoms with E-state index in [1.165, 1.54) is 39.8 Å². The largest absolute Gasteiger partial charge is 0.497 e. The molecule has 21 heavy (non-hydrogen) atoms. The van der Waals surface area contributed by atoms with E-state index in [0.29, 0.717) is 5.92 Å². The Balaban J connectivity index is 2.57. The van der Waals surface area contributed by atoms with Crippen LogP contribution in [0, 0.1) is 20.8 Å². The van der Waals surface area contributed by atoms with Crippen LogP contribution in [0.25, 0.3) is 11.1 Å². The molecule has 2 rings (SSSR count). The quantitative estimate of drug-likeness (QED) is 0.688. The summed E-state index contributed by atoms with van der Waals surface area (Å²) in [5, 5.41) is 0. The van der Waals surface area contributed by atoms with Crippen LogP contribution in [0.2, 0.25) is 0 Å². The predicted octanol–water partition coefficient (Wildman–Crippen LogP) is 5.80. The van der Waals surface area contributed by atoms with Crippen LogP contribution in [0.4, 0.5) is 0 Å². The van der Waals surface area contributed by atoms with Gasteiger partial charge in [-0.25, -0.2) is 0 Å². The van der Waals surface area contributed by atoms with Gasteiger partial charge >= 0.3 is 0 Å². The zero-order chi connectivity index (χ0) is 15.6. The van der Waals surface area contributed by atoms with E-state index < -0.39 is 0 Å². The van der Waals surface area contributed by atoms with E-state index in [-0.39, 0.29) is 0 Å². The van der Waals surface area contributed by atoms with E-state index in [2.05, 4.69) is 65.0 Å². The summed E-state index contributed by atoms with van der Waals surface area (Å²) >= 11 is 0. The maximum atomic E-state index is 5.42. The fourth-order valence-corrected chi connectivity index (χ4v) is 2.98. The SMILES string of the molecule is CCC(C)c1cc(C)c(-c2cc(C)cc(OC)c2)c(C)c1. The molecule has 0 N–H and O–H groups in total. The second-order valence-electron chi connectivity index (χ2n) is 6.08. The molecule has 0 bridgehead atoms. The number of hydrogen-bond donors (Lipinski definition) is 0. The number of benzene rings is 2. The predicted molar refractivity (Wildman–Crippen MR) is 91.3 cm³/mol. The van der Waals surface area contributed by atoms with Crippen molar-refractivity contribution in [3.8, 4) is 16.9 Å². The lowest BCUT2D eigenvalue weighted by Gasteiger charge is -2.17. The van der Waals surface area contributed by atoms with Gasteiger partial charge in [0.1, 0.15) is 5.75 Å². The van der Waals surface area contributed by atoms with E-state index in [1.54, 1.807) is 7.11 Å². The number of aryl methyl sites for hydroxylation is 3. The van der Waals surface area contributed by atoms with Gasteiger partial charge in [-0.2, -0.15) is 0 Å². The average Bonchev–Trinajstić information content (AvgIpc) is 2.44. The first-order chi connectivity index (χ1) is 9.96. The van der Waals surface area contributed by atoms with Crippen molar-refractivity contribution in [2.45, 2.75) is 47.0 Å². The van der Waals surface area contributed by atoms with Gasteiger partial charge in [-0.1, -0.05) is 32.0 Å². The van der Waals surface area contributed by atoms with E-state index in [0.717, 1.165) is 5.75 Å². The van der Waals surface area contributed by atoms with E-state index in [4.69, 9.17) is 4.74 Å². The Labute approximate surface area is 129 Å². The highest BCUT2D eigenvalue weighted by Crippen LogP contribution is 2.33. The first-order valence-corrected chi connectivity index (χ1v) is 7.73. The molecule has 2 aromatic rings. The third-order valence-corrected chi connectivity index (χ3v) is 4.31. The molecule has 0 saturated heterocycles. The van der Waals surface area contributed by atoms with Crippen molar-refractivity contribution >= 4 is 0 Å². The van der Waals surface area contributed by atoms with Crippen LogP contribution in [-0.4, -0.2) is 7.11 Å². The minimum atomic E-state index is 0.614. The van der Waals surface area contributed by atoms with Gasteiger partial charge < -0.3 is 4.74 Å². The smallest absolute Gasteiger partial charge is 0.119 e. The first-order valence-electron chi connectivity index (χ1n) is 7.73. The summed E-state index contributed by atoms with van der Waals surface area (Å²) in [4.78, 5) is 0. The van der Waals surface area contributed by atoms with Crippen molar-refractivity contribution in [3.63, 3.8) is 0 Å². The molecule has 0 amide bonds. The topological polar surface area (TPSA) is 9.23 Å². The summed E-state index contributed by atoms with van der Waals surface area (Å²) in [6.45, 7) is 11.1. The number of methoxy groups -OCH3 is 1. The van der Waals surface area contributed by atoms with Crippen molar-refractivity contribution in [2.24, 2.45) is 0 Å². The second kappa shape index (κ2) is 6.34. The van der Waals surface area contributed by atoms with Crippen molar-refractivity contribution in [2.75, 3.05) is 7.11 Å². The molecular weight excluding hydrogens is 256 g/mol. The molecule has 0 aromatic heterocycles. The molecule has 1 nitrogen and oxygen atoms in total. The van der Waals surface area contributed by atoms with Crippen LogP contribution in [0.3, 0.4) is 0 Å². The fraction of sp³-hybridized carbons (Fsp3) is 0.400. The van der Waals surface area contributed by atoms with Crippen LogP contribution in [-0.2, 0) is 0 Å². The molecule has 1 atom stereocenters. The zero-order valence-electron chi connectivity index (χ0n) is 14.1. The summed E-state index contributed by atoms with van der Waals surface area (Å²) in [5.41, 5.74) is 7.95. The summed E-state index contributed by atoms with van der Waals surface area (Å²) < 4.78 is 5.42. The molecule has 0 spiro atoms. The third kappa shape index (κ3) is 3.29. The molecule has 0 radical (unpaired) electrons. The first kappa shape index (κ1) is 15.6. The molecular formula is C20H26O. The lowest BCUT2D eigenvalue weighted by molar-refractivity contribution is 0.414. The Morgan fingerprint density at radius 3 is 2.10 bits per heavy atom. The van der Waals surface area contributed by atoms with Gasteiger partial charge in [0, 0.05) is 0 Å². The minimum absolute atomic E-state index is 0.614. The van der Waals surface area contributed by atoms with Gasteiger partial charge in [-0.15, -0.1) is 0 Å². The number of hydrogen-bond acceptors (Lipinski definition) is 1. The molecule has 0 saturated carbocycles. The lowest BCUT2D eigenvalue weighted by atomic mass is 9.88. The maximum Gasteiger partial charge on any atom is 0.119 e. The molecule has 0 fully saturated rings. The number of ether oxygens (including phenoxy) is 1. The monoisotopic (exact) mass is 282 g/mol. The Kier molecular flexibility index (Phi) is 4.72. The Hall–Kier alpha value is -1.76. The molecule has 1 unspecified atom stereocenters. The Bertz CT molecular complexity index is 617. The van der Waals surface area contributed by atoms with Gasteiger partial charge in [0.25, 0.3) is 0 Å². The summed E-state index contributed by atoms with van der Waals surface area (Å²) in [6.07, 6.45) is 1.18. The van der Waals surface area contributed by atoms with Crippen LogP contribution < -0.4 is 4.74 Å². The van der Waals surface area contributed by atoms with Crippen molar-refractivity contribution < 1.29 is 4.74 Å². The minimum Gasteiger partial charge on any atom is -0.497 e. The number of rotatable bonds is 4. The molecule has 112 valence electrons. The Morgan fingerprint density at radius 2 is 1.57 bits per heavy atom. The lowest BCUT2D eigenvalue weighted by Crippen LogP contribution is -1.97. The van der Waals surface area contributed by atoms with Crippen LogP contribution in [0.15, 0.2) is 30.3 Å². The van der Waals surface area contributed by atoms with E-state index >= 15 is 0 Å². The highest BCUT2D eigenvalue weighted by molar-refractivity contribution is 5.73. The summed E-state index contributed by atoms with van der Waals surface area (Å²) in [7, 11) is 1.73. The molecule has 0 aliphatic rings. The van der Waals surface area contributed by atoms with Crippen molar-refractivity contribution in [1.29, 1.82) is 0 Å². The van der Waals surface area contributed by atoms with Gasteiger partial charge in [0.15, 0.2) is 0 Å². The zero-order valence-corrected chi connectivity index (χ0v) is 14.1.